The number of rotatable bonds is 5. The molecule has 0 radical (unpaired) electrons. The van der Waals surface area contributed by atoms with Crippen LogP contribution in [0.3, 0.4) is 0 Å². The van der Waals surface area contributed by atoms with Crippen LogP contribution in [0.15, 0.2) is 0 Å². The molecule has 0 bridgehead atoms. The summed E-state index contributed by atoms with van der Waals surface area (Å²) in [6, 6.07) is -0.663. The second-order valence-corrected chi connectivity index (χ2v) is 2.82. The molecule has 0 heterocycles. The lowest BCUT2D eigenvalue weighted by atomic mass is 10.2. The molecule has 7 heteroatoms. The Morgan fingerprint density at radius 3 is 2.50 bits per heavy atom. The first-order chi connectivity index (χ1) is 6.52. The molecule has 1 amide bonds. The van der Waals surface area contributed by atoms with Gasteiger partial charge in [-0.3, -0.25) is 0 Å². The summed E-state index contributed by atoms with van der Waals surface area (Å²) >= 11 is 0. The molecule has 3 unspecified atom stereocenters. The molecule has 0 saturated heterocycles. The molecule has 0 aliphatic heterocycles. The Bertz CT molecular complexity index is 210. The van der Waals surface area contributed by atoms with E-state index < -0.39 is 24.2 Å². The van der Waals surface area contributed by atoms with E-state index in [1.807, 2.05) is 9.47 Å². The van der Waals surface area contributed by atoms with Crippen molar-refractivity contribution in [2.24, 2.45) is 0 Å². The third kappa shape index (κ3) is 4.39. The second-order valence-electron chi connectivity index (χ2n) is 2.55. The van der Waals surface area contributed by atoms with Crippen LogP contribution in [0.4, 0.5) is 4.79 Å². The molecule has 6 nitrogen and oxygen atoms in total. The van der Waals surface area contributed by atoms with Gasteiger partial charge in [0.05, 0.1) is 12.6 Å². The molecular weight excluding hydrogens is 209 g/mol. The van der Waals surface area contributed by atoms with Crippen LogP contribution in [0, 0.1) is 0 Å². The number of hydrogen-bond donors (Lipinski definition) is 2. The molecule has 0 fully saturated rings. The Morgan fingerprint density at radius 1 is 1.57 bits per heavy atom. The van der Waals surface area contributed by atoms with E-state index in [0.29, 0.717) is 0 Å². The Hall–Kier alpha value is -0.870. The van der Waals surface area contributed by atoms with E-state index in [-0.39, 0.29) is 6.61 Å². The molecule has 0 aromatic heterocycles. The van der Waals surface area contributed by atoms with Crippen LogP contribution in [-0.4, -0.2) is 35.9 Å². The number of hydrogen-bond acceptors (Lipinski definition) is 4. The van der Waals surface area contributed by atoms with E-state index in [9.17, 15) is 9.59 Å². The molecule has 0 spiro atoms. The Kier molecular flexibility index (Phi) is 6.16. The molecule has 3 atom stereocenters. The van der Waals surface area contributed by atoms with Crippen molar-refractivity contribution in [3.05, 3.63) is 0 Å². The highest BCUT2D eigenvalue weighted by molar-refractivity contribution is 7.09. The first kappa shape index (κ1) is 13.1. The summed E-state index contributed by atoms with van der Waals surface area (Å²) in [5, 5.41) is 11.0. The predicted molar refractivity (Wildman–Crippen MR) is 51.8 cm³/mol. The minimum Gasteiger partial charge on any atom is -0.479 e. The fourth-order valence-corrected chi connectivity index (χ4v) is 1.18. The quantitative estimate of drug-likeness (QED) is 0.658. The minimum atomic E-state index is -1.15. The molecule has 82 valence electrons. The molecule has 0 aliphatic rings. The van der Waals surface area contributed by atoms with E-state index in [1.54, 1.807) is 6.92 Å². The van der Waals surface area contributed by atoms with Gasteiger partial charge in [-0.2, -0.15) is 0 Å². The van der Waals surface area contributed by atoms with Gasteiger partial charge in [-0.05, 0) is 13.8 Å². The average Bonchev–Trinajstić information content (AvgIpc) is 2.04. The van der Waals surface area contributed by atoms with Crippen molar-refractivity contribution in [3.63, 3.8) is 0 Å². The molecule has 0 rings (SSSR count). The van der Waals surface area contributed by atoms with Crippen molar-refractivity contribution < 1.29 is 24.0 Å². The molecule has 14 heavy (non-hydrogen) atoms. The predicted octanol–water partition coefficient (Wildman–Crippen LogP) is 0.381. The van der Waals surface area contributed by atoms with Crippen LogP contribution in [0.5, 0.6) is 0 Å². The molecule has 0 aromatic carbocycles. The smallest absolute Gasteiger partial charge is 0.407 e. The van der Waals surface area contributed by atoms with Crippen molar-refractivity contribution in [1.29, 1.82) is 0 Å². The third-order valence-electron chi connectivity index (χ3n) is 1.47. The van der Waals surface area contributed by atoms with Crippen molar-refractivity contribution in [2.75, 3.05) is 6.61 Å². The Balaban J connectivity index is 4.10. The highest BCUT2D eigenvalue weighted by Crippen LogP contribution is 2.04. The number of aliphatic carboxylic acids is 1. The van der Waals surface area contributed by atoms with E-state index in [2.05, 4.69) is 14.6 Å². The number of carbonyl (C=O) groups is 2. The number of ether oxygens (including phenoxy) is 1. The van der Waals surface area contributed by atoms with Crippen molar-refractivity contribution in [2.45, 2.75) is 26.0 Å². The average molecular weight is 223 g/mol. The standard InChI is InChI=1S/C7H14NO5P/c1-3-12-7(11)8-4(2)5(13-14)6(9)10/h4-5H,3,14H2,1-2H3,(H,8,11)(H,9,10). The van der Waals surface area contributed by atoms with Gasteiger partial charge < -0.3 is 19.7 Å². The highest BCUT2D eigenvalue weighted by Gasteiger charge is 2.25. The zero-order valence-corrected chi connectivity index (χ0v) is 9.17. The summed E-state index contributed by atoms with van der Waals surface area (Å²) in [5.74, 6) is -1.15. The van der Waals surface area contributed by atoms with Gasteiger partial charge in [0.2, 0.25) is 0 Å². The summed E-state index contributed by atoms with van der Waals surface area (Å²) in [4.78, 5) is 21.5. The van der Waals surface area contributed by atoms with Crippen molar-refractivity contribution >= 4 is 21.5 Å². The van der Waals surface area contributed by atoms with Crippen molar-refractivity contribution in [1.82, 2.24) is 5.32 Å². The number of alkyl carbamates (subject to hydrolysis) is 1. The summed E-state index contributed by atoms with van der Waals surface area (Å²) < 4.78 is 9.18. The zero-order valence-electron chi connectivity index (χ0n) is 8.02. The largest absolute Gasteiger partial charge is 0.479 e. The lowest BCUT2D eigenvalue weighted by Crippen LogP contribution is -2.45. The van der Waals surface area contributed by atoms with Gasteiger partial charge in [-0.15, -0.1) is 0 Å². The molecule has 0 saturated carbocycles. The second kappa shape index (κ2) is 6.56. The van der Waals surface area contributed by atoms with Gasteiger partial charge in [0.1, 0.15) is 0 Å². The fourth-order valence-electron chi connectivity index (χ4n) is 0.824. The van der Waals surface area contributed by atoms with Gasteiger partial charge in [0.15, 0.2) is 6.10 Å². The number of carboxylic acid groups (broad SMARTS) is 1. The summed E-state index contributed by atoms with van der Waals surface area (Å²) in [6.45, 7) is 3.41. The van der Waals surface area contributed by atoms with Gasteiger partial charge in [-0.25, -0.2) is 9.59 Å². The number of amides is 1. The number of carboxylic acids is 1. The van der Waals surface area contributed by atoms with Gasteiger partial charge in [0.25, 0.3) is 0 Å². The maximum Gasteiger partial charge on any atom is 0.407 e. The number of nitrogens with one attached hydrogen (secondary N) is 1. The van der Waals surface area contributed by atoms with E-state index in [0.717, 1.165) is 0 Å². The third-order valence-corrected chi connectivity index (χ3v) is 1.76. The van der Waals surface area contributed by atoms with E-state index in [1.165, 1.54) is 6.92 Å². The Morgan fingerprint density at radius 2 is 2.14 bits per heavy atom. The first-order valence-electron chi connectivity index (χ1n) is 4.04. The summed E-state index contributed by atoms with van der Waals surface area (Å²) in [7, 11) is 1.85. The normalized spacial score (nSPS) is 14.2. The molecule has 0 aliphatic carbocycles. The van der Waals surface area contributed by atoms with E-state index >= 15 is 0 Å². The maximum atomic E-state index is 10.9. The first-order valence-corrected chi connectivity index (χ1v) is 4.51. The topological polar surface area (TPSA) is 84.9 Å². The van der Waals surface area contributed by atoms with Crippen LogP contribution in [0.25, 0.3) is 0 Å². The lowest BCUT2D eigenvalue weighted by molar-refractivity contribution is -0.145. The zero-order chi connectivity index (χ0) is 11.1. The number of carbonyl (C=O) groups excluding carboxylic acids is 1. The highest BCUT2D eigenvalue weighted by atomic mass is 31.0. The van der Waals surface area contributed by atoms with Crippen molar-refractivity contribution in [3.8, 4) is 0 Å². The maximum absolute atomic E-state index is 10.9. The molecular formula is C7H14NO5P. The van der Waals surface area contributed by atoms with Crippen LogP contribution in [0.2, 0.25) is 0 Å². The van der Waals surface area contributed by atoms with Gasteiger partial charge in [0, 0.05) is 9.47 Å². The van der Waals surface area contributed by atoms with Gasteiger partial charge >= 0.3 is 12.1 Å². The SMILES string of the molecule is CCOC(=O)NC(C)C(OP)C(=O)O. The molecule has 2 N–H and O–H groups in total. The summed E-state index contributed by atoms with van der Waals surface area (Å²) in [5.41, 5.74) is 0. The fraction of sp³-hybridized carbons (Fsp3) is 0.714. The Labute approximate surface area is 84.2 Å². The van der Waals surface area contributed by atoms with Crippen LogP contribution in [0.1, 0.15) is 13.8 Å². The molecule has 0 aromatic rings. The van der Waals surface area contributed by atoms with Crippen LogP contribution < -0.4 is 5.32 Å². The lowest BCUT2D eigenvalue weighted by Gasteiger charge is -2.19. The van der Waals surface area contributed by atoms with E-state index in [4.69, 9.17) is 5.11 Å². The van der Waals surface area contributed by atoms with Crippen LogP contribution >= 0.6 is 9.47 Å². The van der Waals surface area contributed by atoms with Gasteiger partial charge in [-0.1, -0.05) is 0 Å². The monoisotopic (exact) mass is 223 g/mol. The minimum absolute atomic E-state index is 0.234. The summed E-state index contributed by atoms with van der Waals surface area (Å²) in [6.07, 6.45) is -1.77. The van der Waals surface area contributed by atoms with Crippen LogP contribution in [-0.2, 0) is 14.1 Å².